The second-order valence-electron chi connectivity index (χ2n) is 2.52. The van der Waals surface area contributed by atoms with Crippen molar-refractivity contribution in [3.8, 4) is 0 Å². The minimum Gasteiger partial charge on any atom is -0.288 e. The lowest BCUT2D eigenvalue weighted by molar-refractivity contribution is -0.137. The molecule has 0 saturated heterocycles. The first-order valence-corrected chi connectivity index (χ1v) is 3.57. The summed E-state index contributed by atoms with van der Waals surface area (Å²) in [7, 11) is 0. The lowest BCUT2D eigenvalue weighted by Crippen LogP contribution is -2.19. The molecule has 3 nitrogen and oxygen atoms in total. The van der Waals surface area contributed by atoms with E-state index in [0.717, 1.165) is 12.1 Å². The van der Waals surface area contributed by atoms with Crippen LogP contribution in [-0.2, 0) is 6.18 Å². The molecule has 0 fully saturated rings. The van der Waals surface area contributed by atoms with Gasteiger partial charge in [0, 0.05) is 5.56 Å². The maximum Gasteiger partial charge on any atom is 0.416 e. The molecule has 2 N–H and O–H groups in total. The van der Waals surface area contributed by atoms with Crippen molar-refractivity contribution in [1.29, 1.82) is 0 Å². The Bertz CT molecular complexity index is 354. The normalized spacial score (nSPS) is 10.4. The first-order chi connectivity index (χ1) is 6.45. The zero-order valence-corrected chi connectivity index (χ0v) is 8.02. The second kappa shape index (κ2) is 4.99. The molecule has 0 aliphatic rings. The highest BCUT2D eigenvalue weighted by atomic mass is 35.5. The fourth-order valence-electron chi connectivity index (χ4n) is 0.901. The van der Waals surface area contributed by atoms with E-state index < -0.39 is 17.6 Å². The Kier molecular flexibility index (Phi) is 4.57. The van der Waals surface area contributed by atoms with Crippen molar-refractivity contribution in [1.82, 2.24) is 5.48 Å². The van der Waals surface area contributed by atoms with Crippen LogP contribution in [0.15, 0.2) is 24.3 Å². The van der Waals surface area contributed by atoms with Crippen LogP contribution >= 0.6 is 12.4 Å². The number of hydrogen-bond acceptors (Lipinski definition) is 2. The average Bonchev–Trinajstić information content (AvgIpc) is 2.15. The molecule has 0 unspecified atom stereocenters. The zero-order valence-electron chi connectivity index (χ0n) is 7.21. The summed E-state index contributed by atoms with van der Waals surface area (Å²) in [5.74, 6) is -0.976. The Morgan fingerprint density at radius 3 is 2.40 bits per heavy atom. The molecule has 0 bridgehead atoms. The molecule has 1 rings (SSSR count). The van der Waals surface area contributed by atoms with Crippen molar-refractivity contribution in [2.45, 2.75) is 6.18 Å². The fourth-order valence-corrected chi connectivity index (χ4v) is 0.901. The molecule has 15 heavy (non-hydrogen) atoms. The van der Waals surface area contributed by atoms with Crippen molar-refractivity contribution >= 4 is 18.3 Å². The molecule has 0 heterocycles. The van der Waals surface area contributed by atoms with Gasteiger partial charge >= 0.3 is 6.18 Å². The Labute approximate surface area is 89.3 Å². The van der Waals surface area contributed by atoms with E-state index in [4.69, 9.17) is 5.21 Å². The number of hydroxylamine groups is 1. The van der Waals surface area contributed by atoms with Gasteiger partial charge in [0.2, 0.25) is 0 Å². The topological polar surface area (TPSA) is 49.3 Å². The Morgan fingerprint density at radius 2 is 1.93 bits per heavy atom. The quantitative estimate of drug-likeness (QED) is 0.585. The van der Waals surface area contributed by atoms with Gasteiger partial charge < -0.3 is 0 Å². The van der Waals surface area contributed by atoms with Crippen molar-refractivity contribution in [3.05, 3.63) is 35.4 Å². The second-order valence-corrected chi connectivity index (χ2v) is 2.52. The van der Waals surface area contributed by atoms with E-state index in [1.807, 2.05) is 0 Å². The number of carbonyl (C=O) groups excluding carboxylic acids is 1. The van der Waals surface area contributed by atoms with Crippen molar-refractivity contribution in [2.24, 2.45) is 0 Å². The molecule has 7 heteroatoms. The number of carbonyl (C=O) groups is 1. The number of rotatable bonds is 1. The third-order valence-electron chi connectivity index (χ3n) is 1.55. The molecule has 84 valence electrons. The average molecular weight is 242 g/mol. The van der Waals surface area contributed by atoms with E-state index >= 15 is 0 Å². The highest BCUT2D eigenvalue weighted by molar-refractivity contribution is 5.93. The molecule has 0 radical (unpaired) electrons. The van der Waals surface area contributed by atoms with Crippen LogP contribution in [0.5, 0.6) is 0 Å². The monoisotopic (exact) mass is 241 g/mol. The first-order valence-electron chi connectivity index (χ1n) is 3.57. The number of alkyl halides is 3. The molecule has 1 aromatic carbocycles. The van der Waals surface area contributed by atoms with Crippen LogP contribution in [0.25, 0.3) is 0 Å². The van der Waals surface area contributed by atoms with Gasteiger partial charge in [-0.1, -0.05) is 6.07 Å². The molecule has 0 saturated carbocycles. The largest absolute Gasteiger partial charge is 0.416 e. The minimum absolute atomic E-state index is 0. The lowest BCUT2D eigenvalue weighted by atomic mass is 10.1. The van der Waals surface area contributed by atoms with E-state index in [0.29, 0.717) is 6.07 Å². The van der Waals surface area contributed by atoms with Gasteiger partial charge in [-0.3, -0.25) is 10.0 Å². The highest BCUT2D eigenvalue weighted by Gasteiger charge is 2.30. The molecular weight excluding hydrogens is 235 g/mol. The molecule has 0 aliphatic carbocycles. The predicted octanol–water partition coefficient (Wildman–Crippen LogP) is 2.25. The maximum absolute atomic E-state index is 12.1. The number of amides is 1. The Balaban J connectivity index is 0.00000196. The summed E-state index contributed by atoms with van der Waals surface area (Å²) in [5, 5.41) is 8.20. The van der Waals surface area contributed by atoms with Crippen LogP contribution in [0.2, 0.25) is 0 Å². The maximum atomic E-state index is 12.1. The van der Waals surface area contributed by atoms with Crippen LogP contribution in [-0.4, -0.2) is 11.1 Å². The third-order valence-corrected chi connectivity index (χ3v) is 1.55. The fraction of sp³-hybridized carbons (Fsp3) is 0.125. The molecule has 0 aromatic heterocycles. The molecule has 0 spiro atoms. The number of hydrogen-bond donors (Lipinski definition) is 2. The standard InChI is InChI=1S/C8H6F3NO2.ClH/c9-8(10,11)6-3-1-2-5(4-6)7(13)12-14;/h1-4,14H,(H,12,13);1H. The van der Waals surface area contributed by atoms with Crippen LogP contribution in [0, 0.1) is 0 Å². The first kappa shape index (κ1) is 13.7. The van der Waals surface area contributed by atoms with Gasteiger partial charge in [-0.05, 0) is 18.2 Å². The van der Waals surface area contributed by atoms with Crippen molar-refractivity contribution < 1.29 is 23.2 Å². The van der Waals surface area contributed by atoms with Gasteiger partial charge in [-0.15, -0.1) is 12.4 Å². The van der Waals surface area contributed by atoms with Gasteiger partial charge in [0.25, 0.3) is 5.91 Å². The van der Waals surface area contributed by atoms with Gasteiger partial charge in [0.1, 0.15) is 0 Å². The summed E-state index contributed by atoms with van der Waals surface area (Å²) in [6.45, 7) is 0. The molecule has 1 amide bonds. The smallest absolute Gasteiger partial charge is 0.288 e. The molecular formula is C8H7ClF3NO2. The molecule has 1 aromatic rings. The predicted molar refractivity (Wildman–Crippen MR) is 47.9 cm³/mol. The third kappa shape index (κ3) is 3.41. The summed E-state index contributed by atoms with van der Waals surface area (Å²) >= 11 is 0. The van der Waals surface area contributed by atoms with Crippen LogP contribution in [0.3, 0.4) is 0 Å². The van der Waals surface area contributed by atoms with Crippen LogP contribution in [0.4, 0.5) is 13.2 Å². The van der Waals surface area contributed by atoms with E-state index in [1.165, 1.54) is 11.5 Å². The van der Waals surface area contributed by atoms with Gasteiger partial charge in [0.05, 0.1) is 5.56 Å². The summed E-state index contributed by atoms with van der Waals surface area (Å²) < 4.78 is 36.4. The summed E-state index contributed by atoms with van der Waals surface area (Å²) in [5.41, 5.74) is 0.0739. The van der Waals surface area contributed by atoms with E-state index in [2.05, 4.69) is 0 Å². The minimum atomic E-state index is -4.49. The summed E-state index contributed by atoms with van der Waals surface area (Å²) in [4.78, 5) is 10.8. The number of nitrogens with one attached hydrogen (secondary N) is 1. The van der Waals surface area contributed by atoms with E-state index in [-0.39, 0.29) is 18.0 Å². The van der Waals surface area contributed by atoms with Gasteiger partial charge in [-0.25, -0.2) is 5.48 Å². The lowest BCUT2D eigenvalue weighted by Gasteiger charge is -2.07. The van der Waals surface area contributed by atoms with Crippen molar-refractivity contribution in [2.75, 3.05) is 0 Å². The van der Waals surface area contributed by atoms with Crippen LogP contribution in [0.1, 0.15) is 15.9 Å². The SMILES string of the molecule is Cl.O=C(NO)c1cccc(C(F)(F)F)c1. The molecule has 0 aliphatic heterocycles. The highest BCUT2D eigenvalue weighted by Crippen LogP contribution is 2.29. The Morgan fingerprint density at radius 1 is 1.33 bits per heavy atom. The zero-order chi connectivity index (χ0) is 10.8. The molecule has 0 atom stereocenters. The number of halogens is 4. The number of benzene rings is 1. The van der Waals surface area contributed by atoms with Gasteiger partial charge in [-0.2, -0.15) is 13.2 Å². The summed E-state index contributed by atoms with van der Waals surface area (Å²) in [6, 6.07) is 3.76. The Hall–Kier alpha value is -1.27. The van der Waals surface area contributed by atoms with E-state index in [1.54, 1.807) is 0 Å². The van der Waals surface area contributed by atoms with Crippen LogP contribution < -0.4 is 5.48 Å². The van der Waals surface area contributed by atoms with Gasteiger partial charge in [0.15, 0.2) is 0 Å². The van der Waals surface area contributed by atoms with Crippen molar-refractivity contribution in [3.63, 3.8) is 0 Å². The summed E-state index contributed by atoms with van der Waals surface area (Å²) in [6.07, 6.45) is -4.49. The van der Waals surface area contributed by atoms with E-state index in [9.17, 15) is 18.0 Å².